The molecule has 2 heterocycles. The number of halogens is 2. The second-order valence-corrected chi connectivity index (χ2v) is 10.3. The summed E-state index contributed by atoms with van der Waals surface area (Å²) in [6.45, 7) is 5.17. The third-order valence-corrected chi connectivity index (χ3v) is 7.71. The van der Waals surface area contributed by atoms with Gasteiger partial charge in [0.2, 0.25) is 11.8 Å². The van der Waals surface area contributed by atoms with Crippen LogP contribution in [0.15, 0.2) is 22.5 Å². The first-order chi connectivity index (χ1) is 14.8. The van der Waals surface area contributed by atoms with Crippen molar-refractivity contribution in [3.05, 3.63) is 44.4 Å². The molecule has 1 saturated heterocycles. The summed E-state index contributed by atoms with van der Waals surface area (Å²) in [5.74, 6) is -0.218. The molecule has 0 spiro atoms. The van der Waals surface area contributed by atoms with Crippen LogP contribution >= 0.6 is 46.3 Å². The number of nitrogens with zero attached hydrogens (tertiary/aromatic N) is 2. The summed E-state index contributed by atoms with van der Waals surface area (Å²) in [4.78, 5) is 30.8. The zero-order valence-electron chi connectivity index (χ0n) is 17.0. The van der Waals surface area contributed by atoms with Crippen molar-refractivity contribution >= 4 is 58.1 Å². The van der Waals surface area contributed by atoms with Crippen LogP contribution in [-0.4, -0.2) is 59.8 Å². The molecule has 11 heteroatoms. The Morgan fingerprint density at radius 1 is 1.39 bits per heavy atom. The number of benzene rings is 1. The maximum absolute atomic E-state index is 12.2. The zero-order valence-corrected chi connectivity index (χ0v) is 20.2. The topological polar surface area (TPSA) is 97.6 Å². The molecular weight excluding hydrogens is 479 g/mol. The number of thioether (sulfide) groups is 1. The van der Waals surface area contributed by atoms with Gasteiger partial charge in [0.25, 0.3) is 0 Å². The molecule has 1 aromatic heterocycles. The van der Waals surface area contributed by atoms with E-state index in [1.54, 1.807) is 6.07 Å². The molecule has 3 rings (SSSR count). The highest BCUT2D eigenvalue weighted by atomic mass is 35.5. The highest BCUT2D eigenvalue weighted by Gasteiger charge is 2.21. The number of rotatable bonds is 9. The first-order valence-corrected chi connectivity index (χ1v) is 12.3. The van der Waals surface area contributed by atoms with Crippen molar-refractivity contribution in [3.63, 3.8) is 0 Å². The number of carbonyl (C=O) groups excluding carboxylic acids is 2. The van der Waals surface area contributed by atoms with E-state index in [1.807, 2.05) is 19.1 Å². The summed E-state index contributed by atoms with van der Waals surface area (Å²) in [5, 5.41) is 4.02. The second-order valence-electron chi connectivity index (χ2n) is 7.20. The quantitative estimate of drug-likeness (QED) is 0.511. The number of nitrogens with one attached hydrogen (secondary N) is 1. The highest BCUT2D eigenvalue weighted by molar-refractivity contribution is 8.01. The van der Waals surface area contributed by atoms with Gasteiger partial charge in [0.1, 0.15) is 0 Å². The van der Waals surface area contributed by atoms with E-state index in [1.165, 1.54) is 23.1 Å². The molecular formula is C20H24Cl2N4O3S2. The molecule has 1 aliphatic heterocycles. The van der Waals surface area contributed by atoms with Gasteiger partial charge < -0.3 is 15.8 Å². The molecule has 0 bridgehead atoms. The number of aromatic nitrogens is 1. The van der Waals surface area contributed by atoms with E-state index < -0.39 is 0 Å². The Hall–Kier alpha value is -1.36. The van der Waals surface area contributed by atoms with Gasteiger partial charge in [0, 0.05) is 31.1 Å². The molecule has 2 aromatic rings. The average Bonchev–Trinajstić information content (AvgIpc) is 3.06. The van der Waals surface area contributed by atoms with Gasteiger partial charge in [-0.1, -0.05) is 41.0 Å². The maximum Gasteiger partial charge on any atom is 0.230 e. The Balaban J connectivity index is 1.41. The normalized spacial score (nSPS) is 16.9. The molecule has 0 aliphatic carbocycles. The van der Waals surface area contributed by atoms with Crippen LogP contribution in [-0.2, 0) is 27.3 Å². The third kappa shape index (κ3) is 7.62. The molecule has 1 atom stereocenters. The summed E-state index contributed by atoms with van der Waals surface area (Å²) >= 11 is 14.8. The Labute approximate surface area is 199 Å². The summed E-state index contributed by atoms with van der Waals surface area (Å²) in [6.07, 6.45) is 0.100. The van der Waals surface area contributed by atoms with E-state index in [0.717, 1.165) is 40.1 Å². The first-order valence-electron chi connectivity index (χ1n) is 9.72. The van der Waals surface area contributed by atoms with Crippen molar-refractivity contribution in [1.82, 2.24) is 15.2 Å². The number of hydrogen-bond acceptors (Lipinski definition) is 7. The highest BCUT2D eigenvalue weighted by Crippen LogP contribution is 2.27. The van der Waals surface area contributed by atoms with Gasteiger partial charge in [0.05, 0.1) is 40.6 Å². The summed E-state index contributed by atoms with van der Waals surface area (Å²) in [5.41, 5.74) is 7.11. The fraction of sp³-hybridized carbons (Fsp3) is 0.450. The van der Waals surface area contributed by atoms with Crippen molar-refractivity contribution in [2.75, 3.05) is 32.0 Å². The molecule has 7 nitrogen and oxygen atoms in total. The number of thiazole rings is 1. The molecule has 2 amide bonds. The Bertz CT molecular complexity index is 941. The van der Waals surface area contributed by atoms with Gasteiger partial charge in [-0.15, -0.1) is 11.3 Å². The van der Waals surface area contributed by atoms with Gasteiger partial charge in [-0.25, -0.2) is 4.98 Å². The SMILES string of the molecule is Cc1nc(SCC(=O)NCC2CN(Cc3ccc(Cl)c(Cl)c3)CCO2)sc1CC(N)=O. The summed E-state index contributed by atoms with van der Waals surface area (Å²) < 4.78 is 6.55. The van der Waals surface area contributed by atoms with Crippen LogP contribution in [0.2, 0.25) is 10.0 Å². The predicted octanol–water partition coefficient (Wildman–Crippen LogP) is 2.90. The minimum Gasteiger partial charge on any atom is -0.374 e. The van der Waals surface area contributed by atoms with E-state index in [9.17, 15) is 9.59 Å². The van der Waals surface area contributed by atoms with E-state index in [4.69, 9.17) is 33.7 Å². The second kappa shape index (κ2) is 11.5. The molecule has 0 radical (unpaired) electrons. The van der Waals surface area contributed by atoms with Crippen molar-refractivity contribution in [1.29, 1.82) is 0 Å². The molecule has 3 N–H and O–H groups in total. The Morgan fingerprint density at radius 2 is 2.19 bits per heavy atom. The fourth-order valence-electron chi connectivity index (χ4n) is 3.14. The Kier molecular flexibility index (Phi) is 9.00. The van der Waals surface area contributed by atoms with Crippen LogP contribution in [0.3, 0.4) is 0 Å². The molecule has 1 aromatic carbocycles. The molecule has 1 aliphatic rings. The number of amides is 2. The average molecular weight is 503 g/mol. The largest absolute Gasteiger partial charge is 0.374 e. The lowest BCUT2D eigenvalue weighted by atomic mass is 10.2. The number of carbonyl (C=O) groups is 2. The summed E-state index contributed by atoms with van der Waals surface area (Å²) in [6, 6.07) is 5.64. The summed E-state index contributed by atoms with van der Waals surface area (Å²) in [7, 11) is 0. The molecule has 168 valence electrons. The third-order valence-electron chi connectivity index (χ3n) is 4.67. The molecule has 1 fully saturated rings. The van der Waals surface area contributed by atoms with Crippen molar-refractivity contribution in [2.24, 2.45) is 5.73 Å². The number of aryl methyl sites for hydroxylation is 1. The van der Waals surface area contributed by atoms with E-state index >= 15 is 0 Å². The van der Waals surface area contributed by atoms with Gasteiger partial charge in [0.15, 0.2) is 4.34 Å². The van der Waals surface area contributed by atoms with E-state index in [-0.39, 0.29) is 30.1 Å². The van der Waals surface area contributed by atoms with Gasteiger partial charge in [-0.3, -0.25) is 14.5 Å². The molecule has 0 saturated carbocycles. The minimum atomic E-state index is -0.387. The van der Waals surface area contributed by atoms with Crippen LogP contribution in [0.25, 0.3) is 0 Å². The number of primary amides is 1. The number of ether oxygens (including phenoxy) is 1. The lowest BCUT2D eigenvalue weighted by Crippen LogP contribution is -2.47. The standard InChI is InChI=1S/C20H24Cl2N4O3S2/c1-12-17(7-18(23)27)31-20(25-12)30-11-19(28)24-8-14-10-26(4-5-29-14)9-13-2-3-15(21)16(22)6-13/h2-3,6,14H,4-5,7-11H2,1H3,(H2,23,27)(H,24,28). The zero-order chi connectivity index (χ0) is 22.4. The van der Waals surface area contributed by atoms with Crippen LogP contribution in [0, 0.1) is 6.92 Å². The van der Waals surface area contributed by atoms with E-state index in [0.29, 0.717) is 23.2 Å². The van der Waals surface area contributed by atoms with Crippen LogP contribution in [0.5, 0.6) is 0 Å². The van der Waals surface area contributed by atoms with Crippen LogP contribution < -0.4 is 11.1 Å². The van der Waals surface area contributed by atoms with Gasteiger partial charge in [-0.05, 0) is 24.6 Å². The predicted molar refractivity (Wildman–Crippen MR) is 125 cm³/mol. The molecule has 31 heavy (non-hydrogen) atoms. The first kappa shape index (κ1) is 24.3. The van der Waals surface area contributed by atoms with Crippen molar-refractivity contribution in [2.45, 2.75) is 30.3 Å². The lowest BCUT2D eigenvalue weighted by Gasteiger charge is -2.33. The van der Waals surface area contributed by atoms with Crippen LogP contribution in [0.1, 0.15) is 16.1 Å². The van der Waals surface area contributed by atoms with Gasteiger partial charge in [-0.2, -0.15) is 0 Å². The number of nitrogens with two attached hydrogens (primary N) is 1. The fourth-order valence-corrected chi connectivity index (χ4v) is 5.53. The van der Waals surface area contributed by atoms with Crippen LogP contribution in [0.4, 0.5) is 0 Å². The molecule has 1 unspecified atom stereocenters. The number of morpholine rings is 1. The maximum atomic E-state index is 12.2. The minimum absolute atomic E-state index is 0.0743. The Morgan fingerprint density at radius 3 is 2.94 bits per heavy atom. The van der Waals surface area contributed by atoms with Gasteiger partial charge >= 0.3 is 0 Å². The van der Waals surface area contributed by atoms with Crippen molar-refractivity contribution in [3.8, 4) is 0 Å². The lowest BCUT2D eigenvalue weighted by molar-refractivity contribution is -0.120. The van der Waals surface area contributed by atoms with Crippen molar-refractivity contribution < 1.29 is 14.3 Å². The smallest absolute Gasteiger partial charge is 0.230 e. The number of hydrogen-bond donors (Lipinski definition) is 2. The monoisotopic (exact) mass is 502 g/mol. The van der Waals surface area contributed by atoms with E-state index in [2.05, 4.69) is 15.2 Å².